The highest BCUT2D eigenvalue weighted by Gasteiger charge is 2.19. The SMILES string of the molecule is CCC(Oc1cccc(C)c1)C(=O)NCc1nc(-c2cccc(Br)c2)no1. The summed E-state index contributed by atoms with van der Waals surface area (Å²) in [6.45, 7) is 4.03. The molecule has 27 heavy (non-hydrogen) atoms. The van der Waals surface area contributed by atoms with Crippen LogP contribution in [0.4, 0.5) is 0 Å². The molecule has 0 radical (unpaired) electrons. The number of carbonyl (C=O) groups is 1. The average molecular weight is 430 g/mol. The Bertz CT molecular complexity index is 926. The van der Waals surface area contributed by atoms with Gasteiger partial charge in [-0.2, -0.15) is 4.98 Å². The highest BCUT2D eigenvalue weighted by atomic mass is 79.9. The fourth-order valence-corrected chi connectivity index (χ4v) is 2.92. The minimum Gasteiger partial charge on any atom is -0.481 e. The first-order valence-corrected chi connectivity index (χ1v) is 9.44. The second-order valence-electron chi connectivity index (χ2n) is 6.07. The number of carbonyl (C=O) groups excluding carboxylic acids is 1. The number of aromatic nitrogens is 2. The summed E-state index contributed by atoms with van der Waals surface area (Å²) >= 11 is 3.41. The maximum atomic E-state index is 12.4. The third-order valence-electron chi connectivity index (χ3n) is 3.90. The Morgan fingerprint density at radius 3 is 2.81 bits per heavy atom. The van der Waals surface area contributed by atoms with E-state index in [1.54, 1.807) is 0 Å². The second-order valence-corrected chi connectivity index (χ2v) is 6.99. The molecule has 0 spiro atoms. The van der Waals surface area contributed by atoms with Crippen molar-refractivity contribution in [3.63, 3.8) is 0 Å². The molecular formula is C20H20BrN3O3. The Hall–Kier alpha value is -2.67. The average Bonchev–Trinajstić information content (AvgIpc) is 3.13. The zero-order valence-electron chi connectivity index (χ0n) is 15.1. The van der Waals surface area contributed by atoms with E-state index in [9.17, 15) is 4.79 Å². The van der Waals surface area contributed by atoms with Crippen molar-refractivity contribution in [2.45, 2.75) is 32.9 Å². The van der Waals surface area contributed by atoms with Gasteiger partial charge in [-0.05, 0) is 43.2 Å². The van der Waals surface area contributed by atoms with E-state index in [1.807, 2.05) is 62.4 Å². The molecule has 6 nitrogen and oxygen atoms in total. The van der Waals surface area contributed by atoms with Crippen molar-refractivity contribution in [3.8, 4) is 17.1 Å². The van der Waals surface area contributed by atoms with Crippen LogP contribution < -0.4 is 10.1 Å². The van der Waals surface area contributed by atoms with Crippen LogP contribution in [-0.2, 0) is 11.3 Å². The first-order valence-electron chi connectivity index (χ1n) is 8.64. The van der Waals surface area contributed by atoms with E-state index in [0.29, 0.717) is 23.9 Å². The molecule has 1 amide bonds. The molecule has 0 aliphatic rings. The van der Waals surface area contributed by atoms with Crippen LogP contribution in [0.25, 0.3) is 11.4 Å². The fraction of sp³-hybridized carbons (Fsp3) is 0.250. The lowest BCUT2D eigenvalue weighted by Crippen LogP contribution is -2.37. The van der Waals surface area contributed by atoms with Crippen LogP contribution in [0, 0.1) is 6.92 Å². The number of nitrogens with one attached hydrogen (secondary N) is 1. The molecule has 2 aromatic carbocycles. The Morgan fingerprint density at radius 2 is 2.07 bits per heavy atom. The Morgan fingerprint density at radius 1 is 1.26 bits per heavy atom. The summed E-state index contributed by atoms with van der Waals surface area (Å²) in [4.78, 5) is 16.7. The maximum absolute atomic E-state index is 12.4. The van der Waals surface area contributed by atoms with E-state index in [4.69, 9.17) is 9.26 Å². The van der Waals surface area contributed by atoms with Gasteiger partial charge in [-0.25, -0.2) is 0 Å². The van der Waals surface area contributed by atoms with Crippen molar-refractivity contribution >= 4 is 21.8 Å². The van der Waals surface area contributed by atoms with Gasteiger partial charge < -0.3 is 14.6 Å². The molecule has 7 heteroatoms. The van der Waals surface area contributed by atoms with Gasteiger partial charge in [-0.1, -0.05) is 52.3 Å². The topological polar surface area (TPSA) is 77.2 Å². The second kappa shape index (κ2) is 8.81. The van der Waals surface area contributed by atoms with Gasteiger partial charge in [-0.3, -0.25) is 4.79 Å². The zero-order valence-corrected chi connectivity index (χ0v) is 16.7. The number of amides is 1. The summed E-state index contributed by atoms with van der Waals surface area (Å²) in [6.07, 6.45) is -0.0355. The van der Waals surface area contributed by atoms with Crippen molar-refractivity contribution in [3.05, 3.63) is 64.5 Å². The molecule has 1 atom stereocenters. The molecule has 0 bridgehead atoms. The van der Waals surface area contributed by atoms with Crippen molar-refractivity contribution in [1.29, 1.82) is 0 Å². The van der Waals surface area contributed by atoms with E-state index in [2.05, 4.69) is 31.4 Å². The molecule has 0 saturated carbocycles. The first-order chi connectivity index (χ1) is 13.0. The van der Waals surface area contributed by atoms with Gasteiger partial charge in [0.25, 0.3) is 5.91 Å². The van der Waals surface area contributed by atoms with Gasteiger partial charge in [0.2, 0.25) is 11.7 Å². The van der Waals surface area contributed by atoms with Crippen molar-refractivity contribution in [1.82, 2.24) is 15.5 Å². The maximum Gasteiger partial charge on any atom is 0.261 e. The molecule has 0 fully saturated rings. The standard InChI is InChI=1S/C20H20BrN3O3/c1-3-17(26-16-9-4-6-13(2)10-16)20(25)22-12-18-23-19(24-27-18)14-7-5-8-15(21)11-14/h4-11,17H,3,12H2,1-2H3,(H,22,25). The molecule has 0 aliphatic carbocycles. The zero-order chi connectivity index (χ0) is 19.2. The third kappa shape index (κ3) is 5.17. The van der Waals surface area contributed by atoms with Crippen LogP contribution in [0.1, 0.15) is 24.8 Å². The van der Waals surface area contributed by atoms with E-state index < -0.39 is 6.10 Å². The number of halogens is 1. The molecule has 3 rings (SSSR count). The lowest BCUT2D eigenvalue weighted by molar-refractivity contribution is -0.128. The van der Waals surface area contributed by atoms with Crippen LogP contribution in [0.3, 0.4) is 0 Å². The van der Waals surface area contributed by atoms with Crippen LogP contribution >= 0.6 is 15.9 Å². The van der Waals surface area contributed by atoms with Gasteiger partial charge in [0.1, 0.15) is 5.75 Å². The summed E-state index contributed by atoms with van der Waals surface area (Å²) in [5.74, 6) is 1.26. The number of rotatable bonds is 7. The van der Waals surface area contributed by atoms with Gasteiger partial charge in [0.15, 0.2) is 6.10 Å². The van der Waals surface area contributed by atoms with E-state index in [1.165, 1.54) is 0 Å². The number of benzene rings is 2. The molecule has 3 aromatic rings. The smallest absolute Gasteiger partial charge is 0.261 e. The normalized spacial score (nSPS) is 11.8. The summed E-state index contributed by atoms with van der Waals surface area (Å²) in [5.41, 5.74) is 1.91. The van der Waals surface area contributed by atoms with E-state index in [0.717, 1.165) is 15.6 Å². The summed E-state index contributed by atoms with van der Waals surface area (Å²) in [7, 11) is 0. The van der Waals surface area contributed by atoms with Crippen LogP contribution in [-0.4, -0.2) is 22.2 Å². The molecule has 0 aliphatic heterocycles. The summed E-state index contributed by atoms with van der Waals surface area (Å²) in [5, 5.41) is 6.75. The third-order valence-corrected chi connectivity index (χ3v) is 4.39. The minimum absolute atomic E-state index is 0.146. The molecule has 1 N–H and O–H groups in total. The molecule has 0 saturated heterocycles. The molecule has 1 unspecified atom stereocenters. The Kier molecular flexibility index (Phi) is 6.24. The molecule has 1 heterocycles. The monoisotopic (exact) mass is 429 g/mol. The van der Waals surface area contributed by atoms with Crippen LogP contribution in [0.2, 0.25) is 0 Å². The fourth-order valence-electron chi connectivity index (χ4n) is 2.52. The predicted octanol–water partition coefficient (Wildman–Crippen LogP) is 4.28. The van der Waals surface area contributed by atoms with Crippen LogP contribution in [0.15, 0.2) is 57.5 Å². The number of aryl methyl sites for hydroxylation is 1. The van der Waals surface area contributed by atoms with Crippen molar-refractivity contribution in [2.75, 3.05) is 0 Å². The van der Waals surface area contributed by atoms with Gasteiger partial charge >= 0.3 is 0 Å². The van der Waals surface area contributed by atoms with Crippen LogP contribution in [0.5, 0.6) is 5.75 Å². The summed E-state index contributed by atoms with van der Waals surface area (Å²) in [6, 6.07) is 15.2. The molecule has 140 valence electrons. The Balaban J connectivity index is 1.59. The lowest BCUT2D eigenvalue weighted by atomic mass is 10.2. The molecular weight excluding hydrogens is 410 g/mol. The highest BCUT2D eigenvalue weighted by Crippen LogP contribution is 2.20. The Labute approximate surface area is 166 Å². The number of ether oxygens (including phenoxy) is 1. The number of hydrogen-bond donors (Lipinski definition) is 1. The first kappa shape index (κ1) is 19.1. The highest BCUT2D eigenvalue weighted by molar-refractivity contribution is 9.10. The predicted molar refractivity (Wildman–Crippen MR) is 105 cm³/mol. The van der Waals surface area contributed by atoms with Crippen molar-refractivity contribution < 1.29 is 14.1 Å². The van der Waals surface area contributed by atoms with E-state index >= 15 is 0 Å². The minimum atomic E-state index is -0.584. The quantitative estimate of drug-likeness (QED) is 0.606. The largest absolute Gasteiger partial charge is 0.481 e. The van der Waals surface area contributed by atoms with E-state index in [-0.39, 0.29) is 12.5 Å². The molecule has 1 aromatic heterocycles. The summed E-state index contributed by atoms with van der Waals surface area (Å²) < 4.78 is 12.0. The number of nitrogens with zero attached hydrogens (tertiary/aromatic N) is 2. The van der Waals surface area contributed by atoms with Gasteiger partial charge in [0.05, 0.1) is 6.54 Å². The van der Waals surface area contributed by atoms with Gasteiger partial charge in [0, 0.05) is 10.0 Å². The van der Waals surface area contributed by atoms with Gasteiger partial charge in [-0.15, -0.1) is 0 Å². The number of hydrogen-bond acceptors (Lipinski definition) is 5. The lowest BCUT2D eigenvalue weighted by Gasteiger charge is -2.17. The van der Waals surface area contributed by atoms with Crippen molar-refractivity contribution in [2.24, 2.45) is 0 Å².